The fourth-order valence-electron chi connectivity index (χ4n) is 1.32. The van der Waals surface area contributed by atoms with Crippen LogP contribution in [0.2, 0.25) is 0 Å². The maximum atomic E-state index is 13.5. The van der Waals surface area contributed by atoms with E-state index in [1.807, 2.05) is 31.2 Å². The van der Waals surface area contributed by atoms with Crippen molar-refractivity contribution in [1.82, 2.24) is 0 Å². The van der Waals surface area contributed by atoms with Gasteiger partial charge in [-0.3, -0.25) is 0 Å². The number of aryl methyl sites for hydroxylation is 1. The second-order valence-electron chi connectivity index (χ2n) is 4.30. The molecule has 78 valence electrons. The van der Waals surface area contributed by atoms with Crippen LogP contribution in [0.4, 0.5) is 4.39 Å². The third-order valence-corrected chi connectivity index (χ3v) is 2.58. The van der Waals surface area contributed by atoms with Gasteiger partial charge in [0.25, 0.3) is 0 Å². The maximum absolute atomic E-state index is 13.5. The van der Waals surface area contributed by atoms with Gasteiger partial charge in [0.05, 0.1) is 0 Å². The Morgan fingerprint density at radius 2 is 1.93 bits per heavy atom. The van der Waals surface area contributed by atoms with Crippen molar-refractivity contribution in [3.63, 3.8) is 0 Å². The number of nitrogens with two attached hydrogens (primary N) is 1. The highest BCUT2D eigenvalue weighted by Crippen LogP contribution is 2.18. The molecule has 0 aromatic heterocycles. The Morgan fingerprint density at radius 1 is 1.36 bits per heavy atom. The fraction of sp³-hybridized carbons (Fsp3) is 0.500. The highest BCUT2D eigenvalue weighted by Gasteiger charge is 2.25. The minimum absolute atomic E-state index is 0.441. The molecule has 1 unspecified atom stereocenters. The quantitative estimate of drug-likeness (QED) is 0.788. The van der Waals surface area contributed by atoms with Crippen LogP contribution in [0.3, 0.4) is 0 Å². The van der Waals surface area contributed by atoms with Crippen LogP contribution in [0.25, 0.3) is 0 Å². The molecular formula is C12H18FN. The number of benzene rings is 1. The van der Waals surface area contributed by atoms with Gasteiger partial charge in [-0.2, -0.15) is 0 Å². The minimum Gasteiger partial charge on any atom is -0.325 e. The summed E-state index contributed by atoms with van der Waals surface area (Å²) in [5, 5.41) is 0. The molecule has 0 aliphatic heterocycles. The van der Waals surface area contributed by atoms with E-state index >= 15 is 0 Å². The summed E-state index contributed by atoms with van der Waals surface area (Å²) in [4.78, 5) is 0. The van der Waals surface area contributed by atoms with Gasteiger partial charge in [-0.1, -0.05) is 24.3 Å². The number of hydrogen-bond donors (Lipinski definition) is 1. The monoisotopic (exact) mass is 195 g/mol. The van der Waals surface area contributed by atoms with Crippen molar-refractivity contribution in [3.05, 3.63) is 35.4 Å². The lowest BCUT2D eigenvalue weighted by Gasteiger charge is -2.23. The summed E-state index contributed by atoms with van der Waals surface area (Å²) in [5.41, 5.74) is 6.76. The van der Waals surface area contributed by atoms with Gasteiger partial charge in [-0.15, -0.1) is 0 Å². The molecule has 1 nitrogen and oxygen atoms in total. The smallest absolute Gasteiger partial charge is 0.120 e. The molecule has 0 bridgehead atoms. The second-order valence-corrected chi connectivity index (χ2v) is 4.30. The molecule has 0 heterocycles. The highest BCUT2D eigenvalue weighted by molar-refractivity contribution is 5.26. The molecule has 2 N–H and O–H groups in total. The van der Waals surface area contributed by atoms with Gasteiger partial charge in [0.2, 0.25) is 0 Å². The molecule has 1 aromatic rings. The first-order chi connectivity index (χ1) is 6.41. The molecule has 0 saturated heterocycles. The van der Waals surface area contributed by atoms with Gasteiger partial charge in [-0.25, -0.2) is 4.39 Å². The fourth-order valence-corrected chi connectivity index (χ4v) is 1.32. The average Bonchev–Trinajstić information content (AvgIpc) is 2.07. The van der Waals surface area contributed by atoms with E-state index in [9.17, 15) is 4.39 Å². The van der Waals surface area contributed by atoms with Gasteiger partial charge in [0, 0.05) is 6.04 Å². The molecule has 2 heteroatoms. The zero-order valence-corrected chi connectivity index (χ0v) is 9.05. The van der Waals surface area contributed by atoms with Crippen molar-refractivity contribution < 1.29 is 4.39 Å². The van der Waals surface area contributed by atoms with Crippen LogP contribution in [0, 0.1) is 6.92 Å². The van der Waals surface area contributed by atoms with Crippen molar-refractivity contribution in [2.75, 3.05) is 0 Å². The summed E-state index contributed by atoms with van der Waals surface area (Å²) >= 11 is 0. The zero-order chi connectivity index (χ0) is 10.8. The molecule has 0 aliphatic carbocycles. The average molecular weight is 195 g/mol. The van der Waals surface area contributed by atoms with Crippen LogP contribution in [0.15, 0.2) is 24.3 Å². The predicted octanol–water partition coefficient (Wildman–Crippen LogP) is 2.61. The van der Waals surface area contributed by atoms with E-state index in [2.05, 4.69) is 0 Å². The van der Waals surface area contributed by atoms with Crippen molar-refractivity contribution in [1.29, 1.82) is 0 Å². The Hall–Kier alpha value is -0.890. The summed E-state index contributed by atoms with van der Waals surface area (Å²) in [6.07, 6.45) is 0.593. The standard InChI is InChI=1S/C12H18FN/c1-9-6-4-5-7-10(9)8-11(14)12(2,3)13/h4-7,11H,8,14H2,1-3H3. The van der Waals surface area contributed by atoms with Crippen LogP contribution >= 0.6 is 0 Å². The van der Waals surface area contributed by atoms with Crippen LogP contribution in [0.1, 0.15) is 25.0 Å². The van der Waals surface area contributed by atoms with Crippen molar-refractivity contribution in [3.8, 4) is 0 Å². The molecule has 14 heavy (non-hydrogen) atoms. The molecular weight excluding hydrogens is 177 g/mol. The predicted molar refractivity (Wildman–Crippen MR) is 58.0 cm³/mol. The van der Waals surface area contributed by atoms with E-state index in [4.69, 9.17) is 5.73 Å². The number of halogens is 1. The number of alkyl halides is 1. The Labute approximate surface area is 85.1 Å². The van der Waals surface area contributed by atoms with Crippen molar-refractivity contribution in [2.24, 2.45) is 5.73 Å². The number of hydrogen-bond acceptors (Lipinski definition) is 1. The van der Waals surface area contributed by atoms with E-state index in [1.54, 1.807) is 0 Å². The molecule has 0 spiro atoms. The lowest BCUT2D eigenvalue weighted by atomic mass is 9.93. The summed E-state index contributed by atoms with van der Waals surface area (Å²) in [7, 11) is 0. The maximum Gasteiger partial charge on any atom is 0.120 e. The first-order valence-electron chi connectivity index (χ1n) is 4.90. The van der Waals surface area contributed by atoms with Gasteiger partial charge < -0.3 is 5.73 Å². The Bertz CT molecular complexity index is 301. The molecule has 0 fully saturated rings. The summed E-state index contributed by atoms with van der Waals surface area (Å²) in [6, 6.07) is 7.52. The second kappa shape index (κ2) is 4.09. The minimum atomic E-state index is -1.32. The molecule has 1 atom stereocenters. The van der Waals surface area contributed by atoms with Crippen LogP contribution in [0.5, 0.6) is 0 Å². The normalized spacial score (nSPS) is 14.1. The first kappa shape index (κ1) is 11.2. The van der Waals surface area contributed by atoms with Crippen LogP contribution < -0.4 is 5.73 Å². The van der Waals surface area contributed by atoms with Crippen LogP contribution in [-0.4, -0.2) is 11.7 Å². The van der Waals surface area contributed by atoms with Crippen molar-refractivity contribution in [2.45, 2.75) is 38.9 Å². The highest BCUT2D eigenvalue weighted by atomic mass is 19.1. The van der Waals surface area contributed by atoms with E-state index < -0.39 is 11.7 Å². The van der Waals surface area contributed by atoms with Gasteiger partial charge in [0.1, 0.15) is 5.67 Å². The van der Waals surface area contributed by atoms with Gasteiger partial charge in [-0.05, 0) is 38.3 Å². The molecule has 0 aliphatic rings. The lowest BCUT2D eigenvalue weighted by Crippen LogP contribution is -2.41. The Morgan fingerprint density at radius 3 is 2.43 bits per heavy atom. The molecule has 1 aromatic carbocycles. The van der Waals surface area contributed by atoms with Crippen LogP contribution in [-0.2, 0) is 6.42 Å². The van der Waals surface area contributed by atoms with E-state index in [-0.39, 0.29) is 0 Å². The summed E-state index contributed by atoms with van der Waals surface area (Å²) in [5.74, 6) is 0. The first-order valence-corrected chi connectivity index (χ1v) is 4.90. The molecule has 0 amide bonds. The third-order valence-electron chi connectivity index (χ3n) is 2.58. The van der Waals surface area contributed by atoms with Gasteiger partial charge >= 0.3 is 0 Å². The largest absolute Gasteiger partial charge is 0.325 e. The molecule has 0 radical (unpaired) electrons. The topological polar surface area (TPSA) is 26.0 Å². The molecule has 0 saturated carbocycles. The van der Waals surface area contributed by atoms with E-state index in [0.717, 1.165) is 5.56 Å². The summed E-state index contributed by atoms with van der Waals surface area (Å²) in [6.45, 7) is 5.07. The Kier molecular flexibility index (Phi) is 3.27. The molecule has 1 rings (SSSR count). The SMILES string of the molecule is Cc1ccccc1CC(N)C(C)(C)F. The Balaban J connectivity index is 2.75. The van der Waals surface area contributed by atoms with Crippen molar-refractivity contribution >= 4 is 0 Å². The lowest BCUT2D eigenvalue weighted by molar-refractivity contribution is 0.172. The number of rotatable bonds is 3. The summed E-state index contributed by atoms with van der Waals surface area (Å²) < 4.78 is 13.5. The van der Waals surface area contributed by atoms with E-state index in [0.29, 0.717) is 6.42 Å². The van der Waals surface area contributed by atoms with E-state index in [1.165, 1.54) is 19.4 Å². The zero-order valence-electron chi connectivity index (χ0n) is 9.05. The third kappa shape index (κ3) is 2.81. The van der Waals surface area contributed by atoms with Gasteiger partial charge in [0.15, 0.2) is 0 Å².